The normalized spacial score (nSPS) is 13.0. The number of hydrogen-bond donors (Lipinski definition) is 3. The van der Waals surface area contributed by atoms with E-state index in [-0.39, 0.29) is 67.8 Å². The maximum Gasteiger partial charge on any atom is 0.281 e. The van der Waals surface area contributed by atoms with Crippen LogP contribution in [0.4, 0.5) is 17.5 Å². The molecule has 2 rings (SSSR count). The van der Waals surface area contributed by atoms with Crippen LogP contribution in [0, 0.1) is 12.5 Å². The summed E-state index contributed by atoms with van der Waals surface area (Å²) in [5.41, 5.74) is 5.59. The Balaban J connectivity index is 0.00000242. The number of ether oxygens (including phenoxy) is 1. The van der Waals surface area contributed by atoms with E-state index in [9.17, 15) is 4.79 Å². The molecule has 2 heterocycles. The van der Waals surface area contributed by atoms with Gasteiger partial charge in [0, 0.05) is 13.1 Å². The number of hydrogen-bond acceptors (Lipinski definition) is 8. The quantitative estimate of drug-likeness (QED) is 0.387. The van der Waals surface area contributed by atoms with Gasteiger partial charge in [-0.25, -0.2) is 0 Å². The molecule has 10 heteroatoms. The average molecular weight is 423 g/mol. The van der Waals surface area contributed by atoms with E-state index in [1.807, 2.05) is 0 Å². The van der Waals surface area contributed by atoms with Crippen LogP contribution in [0.1, 0.15) is 0 Å². The van der Waals surface area contributed by atoms with E-state index in [4.69, 9.17) is 27.1 Å². The topological polar surface area (TPSA) is 117 Å². The van der Waals surface area contributed by atoms with Crippen molar-refractivity contribution in [2.45, 2.75) is 6.10 Å². The van der Waals surface area contributed by atoms with E-state index in [1.54, 1.807) is 4.90 Å². The van der Waals surface area contributed by atoms with Gasteiger partial charge in [-0.05, 0) is 0 Å². The molecule has 0 atom stereocenters. The summed E-state index contributed by atoms with van der Waals surface area (Å²) in [4.78, 5) is 19.4. The van der Waals surface area contributed by atoms with E-state index >= 15 is 0 Å². The average Bonchev–Trinajstić information content (AvgIpc) is 2.84. The minimum atomic E-state index is -0.711. The number of aliphatic hydroxyl groups is 2. The number of aliphatic hydroxyl groups excluding tert-OH is 2. The van der Waals surface area contributed by atoms with Crippen LogP contribution in [0.25, 0.3) is 0 Å². The van der Waals surface area contributed by atoms with Crippen molar-refractivity contribution in [3.63, 3.8) is 0 Å². The van der Waals surface area contributed by atoms with Gasteiger partial charge >= 0.3 is 0 Å². The van der Waals surface area contributed by atoms with Crippen LogP contribution >= 0.6 is 24.0 Å². The second kappa shape index (κ2) is 7.63. The minimum Gasteiger partial charge on any atom is -0.394 e. The summed E-state index contributed by atoms with van der Waals surface area (Å²) in [7, 11) is 1.51. The molecule has 0 spiro atoms. The van der Waals surface area contributed by atoms with Crippen molar-refractivity contribution in [3.05, 3.63) is 10.4 Å². The van der Waals surface area contributed by atoms with E-state index in [0.717, 1.165) is 0 Å². The third-order valence-corrected chi connectivity index (χ3v) is 3.19. The number of nitrogens with two attached hydrogens (primary N) is 1. The first kappa shape index (κ1) is 18.5. The van der Waals surface area contributed by atoms with Gasteiger partial charge in [-0.1, -0.05) is 6.42 Å². The van der Waals surface area contributed by atoms with Crippen molar-refractivity contribution < 1.29 is 14.9 Å². The van der Waals surface area contributed by atoms with Crippen LogP contribution < -0.4 is 21.1 Å². The Morgan fingerprint density at radius 1 is 1.50 bits per heavy atom. The van der Waals surface area contributed by atoms with Crippen LogP contribution in [0.5, 0.6) is 0 Å². The number of terminal acetylenes is 1. The first-order valence-corrected chi connectivity index (χ1v) is 6.22. The minimum absolute atomic E-state index is 0. The highest BCUT2D eigenvalue weighted by Gasteiger charge is 2.31. The van der Waals surface area contributed by atoms with Gasteiger partial charge in [-0.15, -0.1) is 24.0 Å². The number of nitrogens with zero attached hydrogens (tertiary/aromatic N) is 4. The van der Waals surface area contributed by atoms with Crippen molar-refractivity contribution in [3.8, 4) is 12.5 Å². The van der Waals surface area contributed by atoms with Gasteiger partial charge in [0.25, 0.3) is 5.56 Å². The van der Waals surface area contributed by atoms with Crippen LogP contribution in [0.3, 0.4) is 0 Å². The van der Waals surface area contributed by atoms with Gasteiger partial charge in [-0.3, -0.25) is 14.3 Å². The fourth-order valence-electron chi connectivity index (χ4n) is 1.93. The third kappa shape index (κ3) is 3.27. The lowest BCUT2D eigenvalue weighted by Crippen LogP contribution is -2.34. The van der Waals surface area contributed by atoms with Gasteiger partial charge in [-0.2, -0.15) is 4.98 Å². The smallest absolute Gasteiger partial charge is 0.281 e. The van der Waals surface area contributed by atoms with Crippen LogP contribution in [0.2, 0.25) is 0 Å². The van der Waals surface area contributed by atoms with Gasteiger partial charge in [0.2, 0.25) is 5.95 Å². The lowest BCUT2D eigenvalue weighted by atomic mass is 10.4. The highest BCUT2D eigenvalue weighted by Crippen LogP contribution is 2.30. The molecule has 1 aliphatic heterocycles. The molecule has 0 bridgehead atoms. The molecule has 0 saturated heterocycles. The van der Waals surface area contributed by atoms with E-state index in [1.165, 1.54) is 16.5 Å². The standard InChI is InChI=1S/C12H17N5O4.HI/c1-3-16-6-17(7-21-8(4-18)5-19)10-9(16)11(20)15(2)12(13)14-10;/h1,8,18-19H,4-7H2,2H3,(H2,13,14);1H. The second-order valence-electron chi connectivity index (χ2n) is 4.53. The Bertz CT molecular complexity index is 625. The summed E-state index contributed by atoms with van der Waals surface area (Å²) in [5, 5.41) is 18.0. The largest absolute Gasteiger partial charge is 0.394 e. The maximum atomic E-state index is 12.2. The van der Waals surface area contributed by atoms with Crippen LogP contribution in [0.15, 0.2) is 4.79 Å². The predicted octanol–water partition coefficient (Wildman–Crippen LogP) is -1.52. The van der Waals surface area contributed by atoms with Crippen molar-refractivity contribution in [2.75, 3.05) is 42.1 Å². The van der Waals surface area contributed by atoms with E-state index in [2.05, 4.69) is 11.0 Å². The predicted molar refractivity (Wildman–Crippen MR) is 91.9 cm³/mol. The lowest BCUT2D eigenvalue weighted by Gasteiger charge is -2.21. The number of aromatic nitrogens is 2. The van der Waals surface area contributed by atoms with Crippen molar-refractivity contribution in [1.82, 2.24) is 9.55 Å². The van der Waals surface area contributed by atoms with Gasteiger partial charge < -0.3 is 25.6 Å². The molecule has 1 aliphatic rings. The molecule has 0 radical (unpaired) electrons. The van der Waals surface area contributed by atoms with Crippen LogP contribution in [-0.4, -0.2) is 52.5 Å². The fourth-order valence-corrected chi connectivity index (χ4v) is 1.93. The van der Waals surface area contributed by atoms with Gasteiger partial charge in [0.15, 0.2) is 11.5 Å². The summed E-state index contributed by atoms with van der Waals surface area (Å²) in [5.74, 6) is 0.381. The Labute approximate surface area is 144 Å². The zero-order chi connectivity index (χ0) is 15.6. The number of anilines is 3. The molecule has 4 N–H and O–H groups in total. The summed E-state index contributed by atoms with van der Waals surface area (Å²) in [6.07, 6.45) is 4.69. The first-order valence-electron chi connectivity index (χ1n) is 6.22. The Hall–Kier alpha value is -1.55. The van der Waals surface area contributed by atoms with Gasteiger partial charge in [0.05, 0.1) is 13.2 Å². The number of fused-ring (bicyclic) bond motifs is 1. The van der Waals surface area contributed by atoms with Gasteiger partial charge in [0.1, 0.15) is 19.5 Å². The first-order chi connectivity index (χ1) is 10.0. The maximum absolute atomic E-state index is 12.2. The second-order valence-corrected chi connectivity index (χ2v) is 4.53. The zero-order valence-corrected chi connectivity index (χ0v) is 14.3. The fraction of sp³-hybridized carbons (Fsp3) is 0.500. The van der Waals surface area contributed by atoms with Crippen LogP contribution in [-0.2, 0) is 11.8 Å². The third-order valence-electron chi connectivity index (χ3n) is 3.19. The highest BCUT2D eigenvalue weighted by atomic mass is 127. The van der Waals surface area contributed by atoms with E-state index in [0.29, 0.717) is 5.82 Å². The Morgan fingerprint density at radius 2 is 2.14 bits per heavy atom. The zero-order valence-electron chi connectivity index (χ0n) is 12.0. The monoisotopic (exact) mass is 423 g/mol. The molecule has 0 unspecified atom stereocenters. The molecule has 1 aromatic rings. The van der Waals surface area contributed by atoms with E-state index < -0.39 is 6.10 Å². The molecule has 1 aromatic heterocycles. The lowest BCUT2D eigenvalue weighted by molar-refractivity contribution is -0.0187. The molecule has 0 saturated carbocycles. The molecule has 0 fully saturated rings. The molecule has 9 nitrogen and oxygen atoms in total. The number of rotatable bonds is 5. The SMILES string of the molecule is C#CN1CN(COC(CO)CO)c2nc(N)n(C)c(=O)c21.I. The Kier molecular flexibility index (Phi) is 6.42. The summed E-state index contributed by atoms with van der Waals surface area (Å²) < 4.78 is 6.53. The molecular weight excluding hydrogens is 405 g/mol. The Morgan fingerprint density at radius 3 is 2.68 bits per heavy atom. The highest BCUT2D eigenvalue weighted by molar-refractivity contribution is 14.0. The summed E-state index contributed by atoms with van der Waals surface area (Å²) in [6, 6.07) is 2.40. The van der Waals surface area contributed by atoms with Crippen molar-refractivity contribution in [2.24, 2.45) is 7.05 Å². The molecule has 22 heavy (non-hydrogen) atoms. The summed E-state index contributed by atoms with van der Waals surface area (Å²) >= 11 is 0. The molecule has 0 amide bonds. The number of halogens is 1. The van der Waals surface area contributed by atoms with Crippen molar-refractivity contribution in [1.29, 1.82) is 0 Å². The molecule has 0 aliphatic carbocycles. The summed E-state index contributed by atoms with van der Waals surface area (Å²) in [6.45, 7) is -0.415. The molecule has 0 aromatic carbocycles. The number of nitrogen functional groups attached to an aromatic ring is 1. The molecular formula is C12H18IN5O4. The molecule has 122 valence electrons. The van der Waals surface area contributed by atoms with Crippen molar-refractivity contribution >= 4 is 41.4 Å².